The first-order valence-electron chi connectivity index (χ1n) is 31.8. The van der Waals surface area contributed by atoms with Gasteiger partial charge in [0.15, 0.2) is 0 Å². The van der Waals surface area contributed by atoms with E-state index in [1.165, 1.54) is 295 Å². The molecule has 6 heteroatoms. The number of amides is 1. The van der Waals surface area contributed by atoms with E-state index in [-0.39, 0.29) is 18.5 Å². The van der Waals surface area contributed by atoms with Crippen LogP contribution >= 0.6 is 0 Å². The van der Waals surface area contributed by atoms with Gasteiger partial charge in [0, 0.05) is 12.8 Å². The maximum absolute atomic E-state index is 12.5. The summed E-state index contributed by atoms with van der Waals surface area (Å²) in [5, 5.41) is 23.3. The summed E-state index contributed by atoms with van der Waals surface area (Å²) in [6.07, 6.45) is 69.7. The van der Waals surface area contributed by atoms with Crippen molar-refractivity contribution >= 4 is 11.9 Å². The van der Waals surface area contributed by atoms with Crippen molar-refractivity contribution in [1.29, 1.82) is 0 Å². The molecule has 1 amide bonds. The Balaban J connectivity index is 3.36. The lowest BCUT2D eigenvalue weighted by molar-refractivity contribution is -0.143. The first-order chi connectivity index (χ1) is 34.0. The summed E-state index contributed by atoms with van der Waals surface area (Å²) < 4.78 is 5.48. The fourth-order valence-corrected chi connectivity index (χ4v) is 10.3. The molecule has 3 N–H and O–H groups in total. The average molecular weight is 977 g/mol. The average Bonchev–Trinajstić information content (AvgIpc) is 3.35. The van der Waals surface area contributed by atoms with Gasteiger partial charge in [-0.3, -0.25) is 9.59 Å². The standard InChI is InChI=1S/C63H125NO5/c1-3-5-7-9-11-13-15-17-18-26-29-32-35-39-43-47-51-55-61(66)60(59-65)64-62(67)56-52-48-44-40-36-33-30-27-24-22-20-19-21-23-25-28-31-34-38-42-46-50-54-58-69-63(68)57-53-49-45-41-37-16-14-12-10-8-6-4-2/h60-61,65-66H,3-59H2,1-2H3,(H,64,67). The van der Waals surface area contributed by atoms with Crippen LogP contribution in [0.2, 0.25) is 0 Å². The summed E-state index contributed by atoms with van der Waals surface area (Å²) in [6, 6.07) is -0.540. The van der Waals surface area contributed by atoms with Gasteiger partial charge in [-0.15, -0.1) is 0 Å². The van der Waals surface area contributed by atoms with Crippen molar-refractivity contribution in [2.75, 3.05) is 13.2 Å². The summed E-state index contributed by atoms with van der Waals surface area (Å²) in [4.78, 5) is 24.5. The van der Waals surface area contributed by atoms with Crippen molar-refractivity contribution in [3.8, 4) is 0 Å². The maximum Gasteiger partial charge on any atom is 0.305 e. The van der Waals surface area contributed by atoms with E-state index in [4.69, 9.17) is 4.74 Å². The van der Waals surface area contributed by atoms with E-state index in [0.29, 0.717) is 25.9 Å². The second kappa shape index (κ2) is 59.4. The van der Waals surface area contributed by atoms with Gasteiger partial charge in [0.25, 0.3) is 0 Å². The third-order valence-corrected chi connectivity index (χ3v) is 15.2. The van der Waals surface area contributed by atoms with Crippen LogP contribution in [-0.4, -0.2) is 47.4 Å². The topological polar surface area (TPSA) is 95.9 Å². The Morgan fingerprint density at radius 1 is 0.348 bits per heavy atom. The van der Waals surface area contributed by atoms with E-state index in [9.17, 15) is 19.8 Å². The molecule has 2 atom stereocenters. The van der Waals surface area contributed by atoms with Crippen molar-refractivity contribution in [3.63, 3.8) is 0 Å². The maximum atomic E-state index is 12.5. The number of aliphatic hydroxyl groups is 2. The van der Waals surface area contributed by atoms with Crippen molar-refractivity contribution in [1.82, 2.24) is 5.32 Å². The lowest BCUT2D eigenvalue weighted by Crippen LogP contribution is -2.45. The Hall–Kier alpha value is -1.14. The monoisotopic (exact) mass is 976 g/mol. The number of aliphatic hydroxyl groups excluding tert-OH is 2. The number of nitrogens with one attached hydrogen (secondary N) is 1. The Bertz CT molecular complexity index is 990. The highest BCUT2D eigenvalue weighted by molar-refractivity contribution is 5.76. The van der Waals surface area contributed by atoms with Gasteiger partial charge in [0.1, 0.15) is 0 Å². The Morgan fingerprint density at radius 2 is 0.594 bits per heavy atom. The highest BCUT2D eigenvalue weighted by atomic mass is 16.5. The second-order valence-corrected chi connectivity index (χ2v) is 22.1. The fraction of sp³-hybridized carbons (Fsp3) is 0.968. The molecular formula is C63H125NO5. The van der Waals surface area contributed by atoms with Crippen LogP contribution in [0.15, 0.2) is 0 Å². The molecule has 0 saturated heterocycles. The van der Waals surface area contributed by atoms with E-state index in [0.717, 1.165) is 38.5 Å². The van der Waals surface area contributed by atoms with Crippen LogP contribution in [-0.2, 0) is 14.3 Å². The number of unbranched alkanes of at least 4 members (excludes halogenated alkanes) is 49. The van der Waals surface area contributed by atoms with Gasteiger partial charge in [-0.25, -0.2) is 0 Å². The molecule has 0 fully saturated rings. The van der Waals surface area contributed by atoms with Crippen LogP contribution in [0.3, 0.4) is 0 Å². The van der Waals surface area contributed by atoms with Crippen molar-refractivity contribution in [2.45, 2.75) is 379 Å². The first-order valence-corrected chi connectivity index (χ1v) is 31.8. The molecule has 0 radical (unpaired) electrons. The van der Waals surface area contributed by atoms with Crippen molar-refractivity contribution < 1.29 is 24.5 Å². The van der Waals surface area contributed by atoms with E-state index in [1.807, 2.05) is 0 Å². The summed E-state index contributed by atoms with van der Waals surface area (Å²) in [7, 11) is 0. The predicted octanol–water partition coefficient (Wildman–Crippen LogP) is 19.9. The minimum Gasteiger partial charge on any atom is -0.466 e. The number of carbonyl (C=O) groups excluding carboxylic acids is 2. The molecule has 0 aliphatic carbocycles. The summed E-state index contributed by atoms with van der Waals surface area (Å²) >= 11 is 0. The zero-order chi connectivity index (χ0) is 50.0. The largest absolute Gasteiger partial charge is 0.466 e. The molecule has 2 unspecified atom stereocenters. The number of esters is 1. The molecule has 0 heterocycles. The van der Waals surface area contributed by atoms with Crippen LogP contribution in [0, 0.1) is 0 Å². The van der Waals surface area contributed by atoms with Gasteiger partial charge in [0.2, 0.25) is 5.91 Å². The number of carbonyl (C=O) groups is 2. The third-order valence-electron chi connectivity index (χ3n) is 15.2. The molecule has 0 aliphatic heterocycles. The van der Waals surface area contributed by atoms with Gasteiger partial charge in [-0.2, -0.15) is 0 Å². The van der Waals surface area contributed by atoms with E-state index in [2.05, 4.69) is 19.2 Å². The SMILES string of the molecule is CCCCCCCCCCCCCCCCCCCC(O)C(CO)NC(=O)CCCCCCCCCCCCCCCCCCCCCCCCCOC(=O)CCCCCCCCCCCCCC. The predicted molar refractivity (Wildman–Crippen MR) is 301 cm³/mol. The number of hydrogen-bond acceptors (Lipinski definition) is 5. The van der Waals surface area contributed by atoms with E-state index in [1.54, 1.807) is 0 Å². The van der Waals surface area contributed by atoms with Crippen LogP contribution in [0.4, 0.5) is 0 Å². The molecule has 0 spiro atoms. The van der Waals surface area contributed by atoms with E-state index < -0.39 is 12.1 Å². The molecule has 0 aromatic heterocycles. The molecule has 69 heavy (non-hydrogen) atoms. The van der Waals surface area contributed by atoms with Gasteiger partial charge in [0.05, 0.1) is 25.4 Å². The molecule has 0 aromatic carbocycles. The minimum absolute atomic E-state index is 0.0162. The van der Waals surface area contributed by atoms with Crippen LogP contribution in [0.5, 0.6) is 0 Å². The minimum atomic E-state index is -0.663. The van der Waals surface area contributed by atoms with E-state index >= 15 is 0 Å². The fourth-order valence-electron chi connectivity index (χ4n) is 10.3. The van der Waals surface area contributed by atoms with Crippen molar-refractivity contribution in [3.05, 3.63) is 0 Å². The van der Waals surface area contributed by atoms with Crippen molar-refractivity contribution in [2.24, 2.45) is 0 Å². The Labute approximate surface area is 432 Å². The van der Waals surface area contributed by atoms with Gasteiger partial charge in [-0.1, -0.05) is 328 Å². The number of rotatable bonds is 60. The lowest BCUT2D eigenvalue weighted by atomic mass is 10.0. The molecule has 6 nitrogen and oxygen atoms in total. The summed E-state index contributed by atoms with van der Waals surface area (Å²) in [5.74, 6) is -0.0144. The summed E-state index contributed by atoms with van der Waals surface area (Å²) in [6.45, 7) is 4.99. The highest BCUT2D eigenvalue weighted by Gasteiger charge is 2.20. The lowest BCUT2D eigenvalue weighted by Gasteiger charge is -2.22. The Morgan fingerprint density at radius 3 is 0.884 bits per heavy atom. The zero-order valence-corrected chi connectivity index (χ0v) is 47.1. The summed E-state index contributed by atoms with van der Waals surface area (Å²) in [5.41, 5.74) is 0. The molecule has 0 aromatic rings. The molecule has 0 rings (SSSR count). The van der Waals surface area contributed by atoms with Gasteiger partial charge < -0.3 is 20.3 Å². The normalized spacial score (nSPS) is 12.5. The molecule has 0 bridgehead atoms. The van der Waals surface area contributed by atoms with Gasteiger partial charge >= 0.3 is 5.97 Å². The first kappa shape index (κ1) is 67.9. The second-order valence-electron chi connectivity index (χ2n) is 22.1. The quantitative estimate of drug-likeness (QED) is 0.0417. The zero-order valence-electron chi connectivity index (χ0n) is 47.1. The third kappa shape index (κ3) is 56.0. The van der Waals surface area contributed by atoms with Crippen LogP contribution in [0.25, 0.3) is 0 Å². The van der Waals surface area contributed by atoms with Crippen LogP contribution in [0.1, 0.15) is 367 Å². The molecule has 0 saturated carbocycles. The van der Waals surface area contributed by atoms with Crippen LogP contribution < -0.4 is 5.32 Å². The number of ether oxygens (including phenoxy) is 1. The smallest absolute Gasteiger partial charge is 0.305 e. The number of hydrogen-bond donors (Lipinski definition) is 3. The Kier molecular flexibility index (Phi) is 58.4. The van der Waals surface area contributed by atoms with Gasteiger partial charge in [-0.05, 0) is 25.7 Å². The molecule has 412 valence electrons. The molecule has 0 aliphatic rings. The molecular weight excluding hydrogens is 851 g/mol. The highest BCUT2D eigenvalue weighted by Crippen LogP contribution is 2.19.